The number of rotatable bonds is 6. The zero-order chi connectivity index (χ0) is 20.0. The minimum Gasteiger partial charge on any atom is -0.507 e. The second kappa shape index (κ2) is 8.86. The van der Waals surface area contributed by atoms with Gasteiger partial charge in [-0.2, -0.15) is 0 Å². The Bertz CT molecular complexity index is 790. The van der Waals surface area contributed by atoms with Crippen LogP contribution in [0.15, 0.2) is 40.6 Å². The molecule has 0 unspecified atom stereocenters. The molecule has 0 bridgehead atoms. The van der Waals surface area contributed by atoms with Crippen LogP contribution in [-0.4, -0.2) is 49.1 Å². The van der Waals surface area contributed by atoms with E-state index >= 15 is 0 Å². The molecule has 2 rings (SSSR count). The summed E-state index contributed by atoms with van der Waals surface area (Å²) < 4.78 is 10.5. The number of aliphatic hydroxyl groups is 2. The third-order valence-corrected chi connectivity index (χ3v) is 4.35. The molecular weight excluding hydrogens is 346 g/mol. The molecule has 0 aliphatic heterocycles. The van der Waals surface area contributed by atoms with Crippen LogP contribution in [0.2, 0.25) is 0 Å². The van der Waals surface area contributed by atoms with E-state index in [1.165, 1.54) is 6.08 Å². The summed E-state index contributed by atoms with van der Waals surface area (Å²) >= 11 is 0. The van der Waals surface area contributed by atoms with Gasteiger partial charge in [-0.1, -0.05) is 26.0 Å². The van der Waals surface area contributed by atoms with Crippen LogP contribution in [0, 0.1) is 5.41 Å². The number of Topliss-reactive ketones (excluding diaryl/α,β-unsaturated/α-hetero) is 1. The van der Waals surface area contributed by atoms with Gasteiger partial charge in [0.05, 0.1) is 32.9 Å². The van der Waals surface area contributed by atoms with Crippen molar-refractivity contribution in [1.29, 1.82) is 0 Å². The molecular formula is C21H27NO5. The Morgan fingerprint density at radius 1 is 1.22 bits per heavy atom. The first kappa shape index (κ1) is 20.7. The Morgan fingerprint density at radius 3 is 2.56 bits per heavy atom. The van der Waals surface area contributed by atoms with Crippen molar-refractivity contribution in [3.8, 4) is 11.5 Å². The lowest BCUT2D eigenvalue weighted by Gasteiger charge is -2.31. The maximum absolute atomic E-state index is 12.6. The Morgan fingerprint density at radius 2 is 1.93 bits per heavy atom. The first-order valence-electron chi connectivity index (χ1n) is 8.82. The molecule has 0 radical (unpaired) electrons. The summed E-state index contributed by atoms with van der Waals surface area (Å²) in [5, 5.41) is 19.6. The van der Waals surface area contributed by atoms with E-state index in [4.69, 9.17) is 14.6 Å². The maximum Gasteiger partial charge on any atom is 0.168 e. The number of methoxy groups -OCH3 is 2. The summed E-state index contributed by atoms with van der Waals surface area (Å²) in [6.45, 7) is 4.09. The molecule has 2 N–H and O–H groups in total. The zero-order valence-corrected chi connectivity index (χ0v) is 16.3. The fraction of sp³-hybridized carbons (Fsp3) is 0.429. The average molecular weight is 373 g/mol. The summed E-state index contributed by atoms with van der Waals surface area (Å²) in [5.74, 6) is 0.923. The monoisotopic (exact) mass is 373 g/mol. The van der Waals surface area contributed by atoms with Crippen molar-refractivity contribution in [2.24, 2.45) is 10.4 Å². The van der Waals surface area contributed by atoms with Crippen LogP contribution in [0.25, 0.3) is 6.08 Å². The number of aliphatic hydroxyl groups excluding tert-OH is 2. The predicted molar refractivity (Wildman–Crippen MR) is 106 cm³/mol. The van der Waals surface area contributed by atoms with Crippen LogP contribution < -0.4 is 9.47 Å². The van der Waals surface area contributed by atoms with Gasteiger partial charge in [0.25, 0.3) is 0 Å². The highest BCUT2D eigenvalue weighted by Gasteiger charge is 2.35. The molecule has 1 aromatic carbocycles. The minimum atomic E-state index is -0.220. The molecule has 1 aromatic rings. The molecule has 0 atom stereocenters. The Labute approximate surface area is 159 Å². The van der Waals surface area contributed by atoms with Gasteiger partial charge in [0, 0.05) is 12.1 Å². The van der Waals surface area contributed by atoms with Crippen LogP contribution in [0.5, 0.6) is 11.5 Å². The number of ketones is 1. The molecule has 27 heavy (non-hydrogen) atoms. The molecule has 146 valence electrons. The lowest BCUT2D eigenvalue weighted by Crippen LogP contribution is -2.32. The molecule has 0 amide bonds. The Balaban J connectivity index is 2.36. The number of allylic oxidation sites excluding steroid dienone is 2. The highest BCUT2D eigenvalue weighted by atomic mass is 16.5. The van der Waals surface area contributed by atoms with Crippen LogP contribution >= 0.6 is 0 Å². The van der Waals surface area contributed by atoms with Crippen LogP contribution in [0.3, 0.4) is 0 Å². The molecule has 1 saturated carbocycles. The van der Waals surface area contributed by atoms with E-state index in [1.54, 1.807) is 32.4 Å². The molecule has 0 aromatic heterocycles. The van der Waals surface area contributed by atoms with Crippen molar-refractivity contribution >= 4 is 17.6 Å². The molecule has 1 aliphatic carbocycles. The second-order valence-electron chi connectivity index (χ2n) is 7.20. The van der Waals surface area contributed by atoms with Gasteiger partial charge in [-0.05, 0) is 35.6 Å². The fourth-order valence-electron chi connectivity index (χ4n) is 3.11. The molecule has 1 fully saturated rings. The third-order valence-electron chi connectivity index (χ3n) is 4.35. The summed E-state index contributed by atoms with van der Waals surface area (Å²) in [6.07, 6.45) is 4.10. The highest BCUT2D eigenvalue weighted by Crippen LogP contribution is 2.35. The Kier molecular flexibility index (Phi) is 6.80. The normalized spacial score (nSPS) is 20.2. The smallest absolute Gasteiger partial charge is 0.168 e. The lowest BCUT2D eigenvalue weighted by molar-refractivity contribution is -0.117. The van der Waals surface area contributed by atoms with Gasteiger partial charge >= 0.3 is 0 Å². The van der Waals surface area contributed by atoms with E-state index in [9.17, 15) is 9.90 Å². The van der Waals surface area contributed by atoms with E-state index in [-0.39, 0.29) is 35.7 Å². The van der Waals surface area contributed by atoms with Gasteiger partial charge in [-0.25, -0.2) is 0 Å². The Hall–Kier alpha value is -2.60. The molecule has 1 aliphatic rings. The standard InChI is InChI=1S/C21H27NO5/c1-21(2)12-15(22-9-10-23)20(17(25)13-21)16(24)7-5-14-6-8-18(26-3)19(11-14)27-4/h5-8,11,23-24H,9-10,12-13H2,1-4H3. The van der Waals surface area contributed by atoms with Gasteiger partial charge in [0.15, 0.2) is 17.3 Å². The fourth-order valence-corrected chi connectivity index (χ4v) is 3.11. The van der Waals surface area contributed by atoms with Gasteiger partial charge in [0.2, 0.25) is 0 Å². The molecule has 0 spiro atoms. The number of carbonyl (C=O) groups is 1. The van der Waals surface area contributed by atoms with Crippen LogP contribution in [0.4, 0.5) is 0 Å². The highest BCUT2D eigenvalue weighted by molar-refractivity contribution is 6.25. The van der Waals surface area contributed by atoms with Gasteiger partial charge in [-0.15, -0.1) is 0 Å². The summed E-state index contributed by atoms with van der Waals surface area (Å²) in [7, 11) is 3.12. The van der Waals surface area contributed by atoms with Gasteiger partial charge < -0.3 is 19.7 Å². The third kappa shape index (κ3) is 5.20. The lowest BCUT2D eigenvalue weighted by atomic mass is 9.73. The number of ether oxygens (including phenoxy) is 2. The molecule has 6 nitrogen and oxygen atoms in total. The van der Waals surface area contributed by atoms with Crippen molar-refractivity contribution < 1.29 is 24.5 Å². The number of hydrogen-bond acceptors (Lipinski definition) is 6. The SMILES string of the molecule is COc1ccc(C=CC(O)=C2C(=O)CC(C)(C)CC2=NCCO)cc1OC. The van der Waals surface area contributed by atoms with E-state index in [2.05, 4.69) is 4.99 Å². The summed E-state index contributed by atoms with van der Waals surface area (Å²) in [5.41, 5.74) is 1.35. The first-order chi connectivity index (χ1) is 12.8. The number of benzene rings is 1. The quantitative estimate of drug-likeness (QED) is 0.590. The largest absolute Gasteiger partial charge is 0.507 e. The van der Waals surface area contributed by atoms with Crippen molar-refractivity contribution in [3.05, 3.63) is 41.2 Å². The van der Waals surface area contributed by atoms with Crippen LogP contribution in [0.1, 0.15) is 32.3 Å². The van der Waals surface area contributed by atoms with Crippen molar-refractivity contribution in [3.63, 3.8) is 0 Å². The number of carbonyl (C=O) groups excluding carboxylic acids is 1. The number of aliphatic imine (C=N–C) groups is 1. The number of nitrogens with zero attached hydrogens (tertiary/aromatic N) is 1. The second-order valence-corrected chi connectivity index (χ2v) is 7.20. The maximum atomic E-state index is 12.6. The molecule has 0 heterocycles. The zero-order valence-electron chi connectivity index (χ0n) is 16.3. The van der Waals surface area contributed by atoms with Crippen molar-refractivity contribution in [2.75, 3.05) is 27.4 Å². The van der Waals surface area contributed by atoms with E-state index < -0.39 is 0 Å². The number of hydrogen-bond donors (Lipinski definition) is 2. The van der Waals surface area contributed by atoms with Crippen molar-refractivity contribution in [2.45, 2.75) is 26.7 Å². The van der Waals surface area contributed by atoms with E-state index in [0.717, 1.165) is 5.56 Å². The first-order valence-corrected chi connectivity index (χ1v) is 8.82. The molecule has 0 saturated heterocycles. The minimum absolute atomic E-state index is 0.104. The van der Waals surface area contributed by atoms with E-state index in [0.29, 0.717) is 30.1 Å². The summed E-state index contributed by atoms with van der Waals surface area (Å²) in [4.78, 5) is 16.9. The predicted octanol–water partition coefficient (Wildman–Crippen LogP) is 3.35. The van der Waals surface area contributed by atoms with Gasteiger partial charge in [0.1, 0.15) is 5.76 Å². The summed E-state index contributed by atoms with van der Waals surface area (Å²) in [6, 6.07) is 5.37. The average Bonchev–Trinajstić information content (AvgIpc) is 2.62. The van der Waals surface area contributed by atoms with Crippen molar-refractivity contribution in [1.82, 2.24) is 0 Å². The van der Waals surface area contributed by atoms with Gasteiger partial charge in [-0.3, -0.25) is 9.79 Å². The van der Waals surface area contributed by atoms with E-state index in [1.807, 2.05) is 19.9 Å². The van der Waals surface area contributed by atoms with Crippen LogP contribution in [-0.2, 0) is 4.79 Å². The topological polar surface area (TPSA) is 88.4 Å². The molecule has 6 heteroatoms.